The highest BCUT2D eigenvalue weighted by atomic mass is 35.5. The molecule has 3 aromatic heterocycles. The van der Waals surface area contributed by atoms with Crippen molar-refractivity contribution >= 4 is 49.9 Å². The van der Waals surface area contributed by atoms with Crippen LogP contribution in [-0.4, -0.2) is 31.2 Å². The standard InChI is InChI=1S/C35H30ClN3O4S/c1-19-16-27-31(29(21-8-10-24(36)11-9-21)28(19)30(34(41)42)43-35(2,3)4)44-32(38-27)23-12-14-37-26(18-23)22-7-6-20-13-15-39(5)33(40)25(20)17-22/h6-18,30H,1-5H3,(H,41,42). The molecule has 6 rings (SSSR count). The van der Waals surface area contributed by atoms with E-state index in [0.29, 0.717) is 21.7 Å². The zero-order chi connectivity index (χ0) is 31.3. The van der Waals surface area contributed by atoms with Crippen LogP contribution in [0.15, 0.2) is 83.9 Å². The van der Waals surface area contributed by atoms with Gasteiger partial charge in [-0.3, -0.25) is 9.78 Å². The van der Waals surface area contributed by atoms with Crippen molar-refractivity contribution in [3.63, 3.8) is 0 Å². The molecule has 1 unspecified atom stereocenters. The molecule has 0 aliphatic rings. The number of nitrogens with zero attached hydrogens (tertiary/aromatic N) is 3. The summed E-state index contributed by atoms with van der Waals surface area (Å²) in [5, 5.41) is 13.2. The predicted molar refractivity (Wildman–Crippen MR) is 177 cm³/mol. The third kappa shape index (κ3) is 5.64. The van der Waals surface area contributed by atoms with Gasteiger partial charge in [-0.2, -0.15) is 0 Å². The summed E-state index contributed by atoms with van der Waals surface area (Å²) in [5.41, 5.74) is 5.34. The number of aromatic nitrogens is 3. The summed E-state index contributed by atoms with van der Waals surface area (Å²) in [6, 6.07) is 20.8. The lowest BCUT2D eigenvalue weighted by Crippen LogP contribution is -2.28. The Hall–Kier alpha value is -4.37. The van der Waals surface area contributed by atoms with Crippen LogP contribution in [0.5, 0.6) is 0 Å². The van der Waals surface area contributed by atoms with Crippen LogP contribution in [0.4, 0.5) is 0 Å². The minimum atomic E-state index is -1.19. The van der Waals surface area contributed by atoms with Gasteiger partial charge in [0.25, 0.3) is 5.56 Å². The predicted octanol–water partition coefficient (Wildman–Crippen LogP) is 8.45. The molecule has 0 aliphatic heterocycles. The number of hydrogen-bond donors (Lipinski definition) is 1. The molecule has 222 valence electrons. The largest absolute Gasteiger partial charge is 0.479 e. The van der Waals surface area contributed by atoms with Crippen LogP contribution in [-0.2, 0) is 16.6 Å². The maximum atomic E-state index is 12.8. The van der Waals surface area contributed by atoms with E-state index in [1.807, 2.05) is 82.3 Å². The fraction of sp³-hybridized carbons (Fsp3) is 0.200. The molecule has 1 atom stereocenters. The molecular weight excluding hydrogens is 594 g/mol. The van der Waals surface area contributed by atoms with Crippen LogP contribution < -0.4 is 5.56 Å². The monoisotopic (exact) mass is 623 g/mol. The normalized spacial score (nSPS) is 12.6. The van der Waals surface area contributed by atoms with Gasteiger partial charge in [0, 0.05) is 52.1 Å². The first-order valence-corrected chi connectivity index (χ1v) is 15.3. The third-order valence-electron chi connectivity index (χ3n) is 7.40. The number of thiazole rings is 1. The number of aryl methyl sites for hydroxylation is 2. The Morgan fingerprint density at radius 3 is 2.43 bits per heavy atom. The Morgan fingerprint density at radius 2 is 1.73 bits per heavy atom. The lowest BCUT2D eigenvalue weighted by atomic mass is 9.91. The van der Waals surface area contributed by atoms with Gasteiger partial charge in [-0.25, -0.2) is 9.78 Å². The van der Waals surface area contributed by atoms with Gasteiger partial charge < -0.3 is 14.4 Å². The average Bonchev–Trinajstić information content (AvgIpc) is 3.41. The molecule has 0 fully saturated rings. The van der Waals surface area contributed by atoms with Crippen LogP contribution in [0.3, 0.4) is 0 Å². The average molecular weight is 624 g/mol. The minimum Gasteiger partial charge on any atom is -0.479 e. The van der Waals surface area contributed by atoms with E-state index in [2.05, 4.69) is 4.98 Å². The zero-order valence-corrected chi connectivity index (χ0v) is 26.5. The molecule has 0 saturated heterocycles. The summed E-state index contributed by atoms with van der Waals surface area (Å²) in [4.78, 5) is 35.0. The number of pyridine rings is 2. The Balaban J connectivity index is 1.53. The number of fused-ring (bicyclic) bond motifs is 2. The van der Waals surface area contributed by atoms with E-state index in [0.717, 1.165) is 48.4 Å². The smallest absolute Gasteiger partial charge is 0.337 e. The van der Waals surface area contributed by atoms with Crippen molar-refractivity contribution in [1.29, 1.82) is 0 Å². The van der Waals surface area contributed by atoms with E-state index in [9.17, 15) is 14.7 Å². The van der Waals surface area contributed by atoms with Gasteiger partial charge in [-0.15, -0.1) is 11.3 Å². The number of carboxylic acid groups (broad SMARTS) is 1. The molecule has 0 aliphatic carbocycles. The molecule has 9 heteroatoms. The van der Waals surface area contributed by atoms with Crippen molar-refractivity contribution in [2.75, 3.05) is 0 Å². The number of hydrogen-bond acceptors (Lipinski definition) is 6. The second kappa shape index (κ2) is 11.3. The first-order valence-electron chi connectivity index (χ1n) is 14.1. The maximum absolute atomic E-state index is 12.8. The van der Waals surface area contributed by atoms with E-state index in [-0.39, 0.29) is 5.56 Å². The highest BCUT2D eigenvalue weighted by Crippen LogP contribution is 2.44. The number of aliphatic carboxylic acids is 1. The quantitative estimate of drug-likeness (QED) is 0.200. The van der Waals surface area contributed by atoms with E-state index in [4.69, 9.17) is 21.3 Å². The molecule has 0 spiro atoms. The molecule has 0 bridgehead atoms. The Morgan fingerprint density at radius 1 is 1.00 bits per heavy atom. The van der Waals surface area contributed by atoms with Crippen molar-refractivity contribution in [3.8, 4) is 33.0 Å². The van der Waals surface area contributed by atoms with Crippen LogP contribution in [0.25, 0.3) is 53.9 Å². The van der Waals surface area contributed by atoms with Gasteiger partial charge >= 0.3 is 5.97 Å². The number of carbonyl (C=O) groups is 1. The highest BCUT2D eigenvalue weighted by Gasteiger charge is 2.32. The van der Waals surface area contributed by atoms with E-state index in [1.165, 1.54) is 11.3 Å². The Bertz CT molecular complexity index is 2130. The van der Waals surface area contributed by atoms with Gasteiger partial charge in [-0.05, 0) is 86.7 Å². The summed E-state index contributed by atoms with van der Waals surface area (Å²) < 4.78 is 8.54. The number of benzene rings is 3. The molecule has 3 aromatic carbocycles. The zero-order valence-electron chi connectivity index (χ0n) is 24.9. The van der Waals surface area contributed by atoms with Crippen LogP contribution in [0, 0.1) is 6.92 Å². The number of ether oxygens (including phenoxy) is 1. The maximum Gasteiger partial charge on any atom is 0.337 e. The Kier molecular flexibility index (Phi) is 7.61. The van der Waals surface area contributed by atoms with Crippen LogP contribution in [0.2, 0.25) is 5.02 Å². The van der Waals surface area contributed by atoms with Gasteiger partial charge in [0.05, 0.1) is 21.5 Å². The van der Waals surface area contributed by atoms with Crippen molar-refractivity contribution in [2.45, 2.75) is 39.4 Å². The molecule has 1 N–H and O–H groups in total. The molecule has 0 saturated carbocycles. The number of carboxylic acids is 1. The first-order chi connectivity index (χ1) is 20.9. The number of rotatable bonds is 6. The van der Waals surface area contributed by atoms with Crippen molar-refractivity contribution in [1.82, 2.24) is 14.5 Å². The lowest BCUT2D eigenvalue weighted by Gasteiger charge is -2.28. The van der Waals surface area contributed by atoms with E-state index >= 15 is 0 Å². The molecule has 6 aromatic rings. The topological polar surface area (TPSA) is 94.3 Å². The Labute approximate surface area is 263 Å². The molecule has 0 amide bonds. The van der Waals surface area contributed by atoms with Gasteiger partial charge in [0.2, 0.25) is 0 Å². The van der Waals surface area contributed by atoms with Crippen LogP contribution >= 0.6 is 22.9 Å². The van der Waals surface area contributed by atoms with Crippen molar-refractivity contribution in [2.24, 2.45) is 7.05 Å². The molecular formula is C35H30ClN3O4S. The van der Waals surface area contributed by atoms with Crippen molar-refractivity contribution < 1.29 is 14.6 Å². The van der Waals surface area contributed by atoms with Gasteiger partial charge in [-0.1, -0.05) is 35.9 Å². The fourth-order valence-corrected chi connectivity index (χ4v) is 6.63. The SMILES string of the molecule is Cc1cc2nc(-c3ccnc(-c4ccc5ccn(C)c(=O)c5c4)c3)sc2c(-c2ccc(Cl)cc2)c1C(OC(C)(C)C)C(=O)O. The number of halogens is 1. The molecule has 3 heterocycles. The highest BCUT2D eigenvalue weighted by molar-refractivity contribution is 7.22. The third-order valence-corrected chi connectivity index (χ3v) is 8.79. The van der Waals surface area contributed by atoms with Gasteiger partial charge in [0.1, 0.15) is 5.01 Å². The summed E-state index contributed by atoms with van der Waals surface area (Å²) in [5.74, 6) is -1.06. The fourth-order valence-electron chi connectivity index (χ4n) is 5.38. The molecule has 44 heavy (non-hydrogen) atoms. The summed E-state index contributed by atoms with van der Waals surface area (Å²) in [7, 11) is 1.74. The minimum absolute atomic E-state index is 0.0670. The summed E-state index contributed by atoms with van der Waals surface area (Å²) in [6.07, 6.45) is 2.30. The van der Waals surface area contributed by atoms with E-state index in [1.54, 1.807) is 36.1 Å². The van der Waals surface area contributed by atoms with Gasteiger partial charge in [0.15, 0.2) is 6.10 Å². The first kappa shape index (κ1) is 29.7. The lowest BCUT2D eigenvalue weighted by molar-refractivity contribution is -0.160. The van der Waals surface area contributed by atoms with E-state index < -0.39 is 17.7 Å². The molecule has 7 nitrogen and oxygen atoms in total. The second-order valence-corrected chi connectivity index (χ2v) is 13.2. The summed E-state index contributed by atoms with van der Waals surface area (Å²) >= 11 is 7.72. The second-order valence-electron chi connectivity index (χ2n) is 11.8. The van der Waals surface area contributed by atoms with Crippen LogP contribution in [0.1, 0.15) is 38.0 Å². The van der Waals surface area contributed by atoms with Crippen molar-refractivity contribution in [3.05, 3.63) is 106 Å². The summed E-state index contributed by atoms with van der Waals surface area (Å²) in [6.45, 7) is 7.43. The molecule has 0 radical (unpaired) electrons.